The van der Waals surface area contributed by atoms with E-state index in [0.29, 0.717) is 0 Å². The van der Waals surface area contributed by atoms with E-state index in [-0.39, 0.29) is 27.2 Å². The van der Waals surface area contributed by atoms with Crippen LogP contribution < -0.4 is 5.73 Å². The van der Waals surface area contributed by atoms with Gasteiger partial charge in [0.2, 0.25) is 5.88 Å². The summed E-state index contributed by atoms with van der Waals surface area (Å²) in [6.45, 7) is 0. The van der Waals surface area contributed by atoms with Crippen molar-refractivity contribution in [1.29, 1.82) is 0 Å². The van der Waals surface area contributed by atoms with Crippen molar-refractivity contribution in [2.75, 3.05) is 5.73 Å². The highest BCUT2D eigenvalue weighted by Gasteiger charge is 2.16. The number of benzene rings is 1. The van der Waals surface area contributed by atoms with E-state index >= 15 is 0 Å². The Bertz CT molecular complexity index is 513. The number of nitrogens with zero attached hydrogens (tertiary/aromatic N) is 1. The molecule has 1 aromatic heterocycles. The average molecular weight is 247 g/mol. The van der Waals surface area contributed by atoms with Gasteiger partial charge in [-0.25, -0.2) is 4.39 Å². The van der Waals surface area contributed by atoms with E-state index in [9.17, 15) is 4.39 Å². The quantitative estimate of drug-likeness (QED) is 0.786. The zero-order valence-corrected chi connectivity index (χ0v) is 8.81. The average Bonchev–Trinajstić information content (AvgIpc) is 2.59. The van der Waals surface area contributed by atoms with E-state index in [4.69, 9.17) is 28.9 Å². The standard InChI is InChI=1S/C9H5Cl2FN2O/c10-4-1-2-5(11)9(12)8(4)6-3-7(13)15-14-6/h1-3H,13H2. The molecular formula is C9H5Cl2FN2O. The van der Waals surface area contributed by atoms with Crippen LogP contribution in [0.3, 0.4) is 0 Å². The number of hydrogen-bond acceptors (Lipinski definition) is 3. The molecule has 2 N–H and O–H groups in total. The van der Waals surface area contributed by atoms with Crippen molar-refractivity contribution in [3.8, 4) is 11.3 Å². The van der Waals surface area contributed by atoms with Gasteiger partial charge in [0.15, 0.2) is 5.82 Å². The summed E-state index contributed by atoms with van der Waals surface area (Å²) in [6, 6.07) is 4.22. The fourth-order valence-corrected chi connectivity index (χ4v) is 1.57. The highest BCUT2D eigenvalue weighted by atomic mass is 35.5. The number of nitrogen functional groups attached to an aromatic ring is 1. The molecule has 0 radical (unpaired) electrons. The first-order chi connectivity index (χ1) is 7.09. The molecule has 0 saturated heterocycles. The van der Waals surface area contributed by atoms with Crippen LogP contribution in [0.5, 0.6) is 0 Å². The summed E-state index contributed by atoms with van der Waals surface area (Å²) in [6.07, 6.45) is 0. The predicted molar refractivity (Wildman–Crippen MR) is 56.3 cm³/mol. The van der Waals surface area contributed by atoms with Gasteiger partial charge in [0.1, 0.15) is 5.69 Å². The molecule has 2 rings (SSSR count). The summed E-state index contributed by atoms with van der Waals surface area (Å²) in [7, 11) is 0. The van der Waals surface area contributed by atoms with Gasteiger partial charge in [-0.05, 0) is 12.1 Å². The minimum Gasteiger partial charge on any atom is -0.368 e. The summed E-state index contributed by atoms with van der Waals surface area (Å²) in [5.74, 6) is -0.557. The maximum Gasteiger partial charge on any atom is 0.222 e. The third-order valence-electron chi connectivity index (χ3n) is 1.83. The van der Waals surface area contributed by atoms with Crippen molar-refractivity contribution in [3.05, 3.63) is 34.1 Å². The van der Waals surface area contributed by atoms with Gasteiger partial charge in [0.25, 0.3) is 0 Å². The highest BCUT2D eigenvalue weighted by molar-refractivity contribution is 6.35. The fraction of sp³-hybridized carbons (Fsp3) is 0. The van der Waals surface area contributed by atoms with Gasteiger partial charge in [-0.1, -0.05) is 28.4 Å². The second-order valence-electron chi connectivity index (χ2n) is 2.83. The van der Waals surface area contributed by atoms with Crippen LogP contribution in [0.4, 0.5) is 10.3 Å². The third kappa shape index (κ3) is 1.78. The molecule has 0 bridgehead atoms. The maximum atomic E-state index is 13.6. The smallest absolute Gasteiger partial charge is 0.222 e. The van der Waals surface area contributed by atoms with Crippen LogP contribution in [0, 0.1) is 5.82 Å². The Morgan fingerprint density at radius 2 is 1.93 bits per heavy atom. The largest absolute Gasteiger partial charge is 0.368 e. The minimum atomic E-state index is -0.641. The van der Waals surface area contributed by atoms with Crippen molar-refractivity contribution < 1.29 is 8.91 Å². The van der Waals surface area contributed by atoms with Gasteiger partial charge >= 0.3 is 0 Å². The van der Waals surface area contributed by atoms with E-state index in [1.807, 2.05) is 0 Å². The summed E-state index contributed by atoms with van der Waals surface area (Å²) in [4.78, 5) is 0. The summed E-state index contributed by atoms with van der Waals surface area (Å²) < 4.78 is 18.2. The molecule has 0 spiro atoms. The van der Waals surface area contributed by atoms with Crippen LogP contribution >= 0.6 is 23.2 Å². The van der Waals surface area contributed by atoms with E-state index in [1.165, 1.54) is 18.2 Å². The number of rotatable bonds is 1. The van der Waals surface area contributed by atoms with Crippen LogP contribution in [0.25, 0.3) is 11.3 Å². The monoisotopic (exact) mass is 246 g/mol. The molecule has 0 aliphatic carbocycles. The van der Waals surface area contributed by atoms with Crippen molar-refractivity contribution in [1.82, 2.24) is 5.16 Å². The molecule has 0 saturated carbocycles. The van der Waals surface area contributed by atoms with E-state index in [2.05, 4.69) is 9.68 Å². The number of anilines is 1. The second kappa shape index (κ2) is 3.72. The lowest BCUT2D eigenvalue weighted by molar-refractivity contribution is 0.438. The van der Waals surface area contributed by atoms with E-state index in [1.54, 1.807) is 0 Å². The molecule has 0 fully saturated rings. The molecule has 3 nitrogen and oxygen atoms in total. The minimum absolute atomic E-state index is 0.0315. The lowest BCUT2D eigenvalue weighted by Gasteiger charge is -2.02. The van der Waals surface area contributed by atoms with Crippen LogP contribution in [0.1, 0.15) is 0 Å². The Morgan fingerprint density at radius 1 is 1.27 bits per heavy atom. The van der Waals surface area contributed by atoms with Crippen LogP contribution in [0.2, 0.25) is 10.0 Å². The molecule has 1 aromatic carbocycles. The Morgan fingerprint density at radius 3 is 2.53 bits per heavy atom. The Hall–Kier alpha value is -1.26. The van der Waals surface area contributed by atoms with Crippen molar-refractivity contribution in [2.45, 2.75) is 0 Å². The van der Waals surface area contributed by atoms with Crippen LogP contribution in [-0.4, -0.2) is 5.16 Å². The number of aromatic nitrogens is 1. The van der Waals surface area contributed by atoms with Crippen molar-refractivity contribution in [2.24, 2.45) is 0 Å². The molecule has 0 aliphatic rings. The molecule has 0 unspecified atom stereocenters. The lowest BCUT2D eigenvalue weighted by Crippen LogP contribution is -1.87. The molecule has 6 heteroatoms. The SMILES string of the molecule is Nc1cc(-c2c(Cl)ccc(Cl)c2F)no1. The summed E-state index contributed by atoms with van der Waals surface area (Å²) >= 11 is 11.4. The predicted octanol–water partition coefficient (Wildman–Crippen LogP) is 3.37. The zero-order valence-electron chi connectivity index (χ0n) is 7.30. The molecule has 15 heavy (non-hydrogen) atoms. The first kappa shape index (κ1) is 10.3. The first-order valence-corrected chi connectivity index (χ1v) is 4.71. The molecule has 0 aliphatic heterocycles. The summed E-state index contributed by atoms with van der Waals surface area (Å²) in [5, 5.41) is 3.73. The molecule has 0 amide bonds. The van der Waals surface area contributed by atoms with Crippen molar-refractivity contribution in [3.63, 3.8) is 0 Å². The molecule has 0 atom stereocenters. The van der Waals surface area contributed by atoms with E-state index in [0.717, 1.165) is 0 Å². The molecule has 1 heterocycles. The maximum absolute atomic E-state index is 13.6. The van der Waals surface area contributed by atoms with Crippen LogP contribution in [0.15, 0.2) is 22.7 Å². The number of halogens is 3. The van der Waals surface area contributed by atoms with Gasteiger partial charge in [0.05, 0.1) is 15.6 Å². The molecule has 2 aromatic rings. The lowest BCUT2D eigenvalue weighted by atomic mass is 10.1. The zero-order chi connectivity index (χ0) is 11.0. The van der Waals surface area contributed by atoms with Crippen LogP contribution in [-0.2, 0) is 0 Å². The van der Waals surface area contributed by atoms with Gasteiger partial charge in [0, 0.05) is 6.07 Å². The Kier molecular flexibility index (Phi) is 2.54. The topological polar surface area (TPSA) is 52.0 Å². The first-order valence-electron chi connectivity index (χ1n) is 3.95. The third-order valence-corrected chi connectivity index (χ3v) is 2.44. The van der Waals surface area contributed by atoms with Gasteiger partial charge in [-0.15, -0.1) is 0 Å². The van der Waals surface area contributed by atoms with Crippen molar-refractivity contribution >= 4 is 29.1 Å². The number of nitrogens with two attached hydrogens (primary N) is 1. The molecular weight excluding hydrogens is 242 g/mol. The second-order valence-corrected chi connectivity index (χ2v) is 3.65. The van der Waals surface area contributed by atoms with Gasteiger partial charge < -0.3 is 10.3 Å². The Balaban J connectivity index is 2.66. The fourth-order valence-electron chi connectivity index (χ4n) is 1.17. The normalized spacial score (nSPS) is 10.6. The van der Waals surface area contributed by atoms with E-state index < -0.39 is 5.82 Å². The molecule has 78 valence electrons. The van der Waals surface area contributed by atoms with Gasteiger partial charge in [-0.2, -0.15) is 0 Å². The van der Waals surface area contributed by atoms with Gasteiger partial charge in [-0.3, -0.25) is 0 Å². The Labute approximate surface area is 94.6 Å². The highest BCUT2D eigenvalue weighted by Crippen LogP contribution is 2.34. The number of hydrogen-bond donors (Lipinski definition) is 1. The summed E-state index contributed by atoms with van der Waals surface area (Å²) in [5.41, 5.74) is 5.63.